The minimum Gasteiger partial charge on any atom is -0.305 e. The normalized spacial score (nSPS) is 10.3. The van der Waals surface area contributed by atoms with Crippen LogP contribution < -0.4 is 5.32 Å². The third-order valence-corrected chi connectivity index (χ3v) is 3.47. The highest BCUT2D eigenvalue weighted by atomic mass is 35.5. The predicted octanol–water partition coefficient (Wildman–Crippen LogP) is 3.20. The lowest BCUT2D eigenvalue weighted by Crippen LogP contribution is -2.16. The van der Waals surface area contributed by atoms with Gasteiger partial charge in [0.25, 0.3) is 5.91 Å². The molecule has 0 bridgehead atoms. The van der Waals surface area contributed by atoms with E-state index in [1.54, 1.807) is 12.3 Å². The van der Waals surface area contributed by atoms with Crippen LogP contribution in [0.1, 0.15) is 23.0 Å². The second kappa shape index (κ2) is 6.67. The molecule has 0 aliphatic rings. The second-order valence-corrected chi connectivity index (χ2v) is 5.54. The van der Waals surface area contributed by atoms with Crippen LogP contribution in [0.25, 0.3) is 0 Å². The van der Waals surface area contributed by atoms with Crippen LogP contribution in [0.4, 0.5) is 5.82 Å². The summed E-state index contributed by atoms with van der Waals surface area (Å²) in [5.74, 6) is 0.927. The van der Waals surface area contributed by atoms with Crippen molar-refractivity contribution in [1.29, 1.82) is 0 Å². The molecule has 2 aromatic heterocycles. The average molecular weight is 309 g/mol. The van der Waals surface area contributed by atoms with Gasteiger partial charge in [-0.15, -0.1) is 0 Å². The number of hydrogen-bond acceptors (Lipinski definition) is 5. The Morgan fingerprint density at radius 3 is 2.95 bits per heavy atom. The SMILES string of the molecule is CCSc1ncc(Cl)c(C(=O)Nc2ncccc2C)n1. The van der Waals surface area contributed by atoms with Gasteiger partial charge in [0.05, 0.1) is 11.2 Å². The van der Waals surface area contributed by atoms with Gasteiger partial charge in [-0.1, -0.05) is 36.4 Å². The maximum atomic E-state index is 12.2. The van der Waals surface area contributed by atoms with Crippen LogP contribution in [0.2, 0.25) is 5.02 Å². The molecular formula is C13H13ClN4OS. The maximum absolute atomic E-state index is 12.2. The van der Waals surface area contributed by atoms with Crippen LogP contribution in [0.5, 0.6) is 0 Å². The molecule has 0 fully saturated rings. The number of aryl methyl sites for hydroxylation is 1. The van der Waals surface area contributed by atoms with Crippen LogP contribution in [0, 0.1) is 6.92 Å². The van der Waals surface area contributed by atoms with Gasteiger partial charge >= 0.3 is 0 Å². The lowest BCUT2D eigenvalue weighted by molar-refractivity contribution is 0.102. The van der Waals surface area contributed by atoms with Crippen LogP contribution in [-0.4, -0.2) is 26.6 Å². The lowest BCUT2D eigenvalue weighted by Gasteiger charge is -2.08. The number of carbonyl (C=O) groups is 1. The number of amides is 1. The number of rotatable bonds is 4. The molecular weight excluding hydrogens is 296 g/mol. The molecule has 0 saturated carbocycles. The molecule has 0 spiro atoms. The van der Waals surface area contributed by atoms with E-state index in [-0.39, 0.29) is 10.7 Å². The summed E-state index contributed by atoms with van der Waals surface area (Å²) in [5, 5.41) is 3.45. The minimum atomic E-state index is -0.392. The van der Waals surface area contributed by atoms with E-state index in [4.69, 9.17) is 11.6 Å². The van der Waals surface area contributed by atoms with Crippen LogP contribution >= 0.6 is 23.4 Å². The van der Waals surface area contributed by atoms with Crippen molar-refractivity contribution in [2.75, 3.05) is 11.1 Å². The van der Waals surface area contributed by atoms with Crippen LogP contribution in [-0.2, 0) is 0 Å². The molecule has 0 aromatic carbocycles. The summed E-state index contributed by atoms with van der Waals surface area (Å²) in [6.45, 7) is 3.85. The van der Waals surface area contributed by atoms with Crippen molar-refractivity contribution in [3.63, 3.8) is 0 Å². The molecule has 1 amide bonds. The first-order valence-corrected chi connectivity index (χ1v) is 7.36. The number of nitrogens with one attached hydrogen (secondary N) is 1. The molecule has 104 valence electrons. The van der Waals surface area contributed by atoms with Crippen LogP contribution in [0.3, 0.4) is 0 Å². The van der Waals surface area contributed by atoms with Gasteiger partial charge in [-0.3, -0.25) is 4.79 Å². The molecule has 1 N–H and O–H groups in total. The Bertz CT molecular complexity index is 636. The van der Waals surface area contributed by atoms with Crippen molar-refractivity contribution < 1.29 is 4.79 Å². The van der Waals surface area contributed by atoms with Crippen molar-refractivity contribution in [2.45, 2.75) is 19.0 Å². The van der Waals surface area contributed by atoms with Gasteiger partial charge in [-0.2, -0.15) is 0 Å². The summed E-state index contributed by atoms with van der Waals surface area (Å²) in [5.41, 5.74) is 1.02. The number of pyridine rings is 1. The summed E-state index contributed by atoms with van der Waals surface area (Å²) in [6.07, 6.45) is 3.05. The molecule has 2 rings (SSSR count). The molecule has 5 nitrogen and oxygen atoms in total. The van der Waals surface area contributed by atoms with Crippen molar-refractivity contribution >= 4 is 35.1 Å². The number of hydrogen-bond donors (Lipinski definition) is 1. The fourth-order valence-electron chi connectivity index (χ4n) is 1.49. The van der Waals surface area contributed by atoms with Crippen LogP contribution in [0.15, 0.2) is 29.7 Å². The molecule has 2 aromatic rings. The highest BCUT2D eigenvalue weighted by Gasteiger charge is 2.15. The zero-order valence-corrected chi connectivity index (χ0v) is 12.6. The van der Waals surface area contributed by atoms with Crippen molar-refractivity contribution in [3.8, 4) is 0 Å². The molecule has 7 heteroatoms. The van der Waals surface area contributed by atoms with Gasteiger partial charge in [-0.05, 0) is 24.3 Å². The third-order valence-electron chi connectivity index (χ3n) is 2.45. The maximum Gasteiger partial charge on any atom is 0.277 e. The topological polar surface area (TPSA) is 67.8 Å². The summed E-state index contributed by atoms with van der Waals surface area (Å²) in [7, 11) is 0. The fourth-order valence-corrected chi connectivity index (χ4v) is 2.21. The molecule has 0 aliphatic carbocycles. The first-order chi connectivity index (χ1) is 9.61. The molecule has 0 atom stereocenters. The van der Waals surface area contributed by atoms with Crippen molar-refractivity contribution in [1.82, 2.24) is 15.0 Å². The van der Waals surface area contributed by atoms with Crippen molar-refractivity contribution in [3.05, 3.63) is 40.8 Å². The Hall–Kier alpha value is -1.66. The Morgan fingerprint density at radius 2 is 2.25 bits per heavy atom. The monoisotopic (exact) mass is 308 g/mol. The minimum absolute atomic E-state index is 0.155. The zero-order chi connectivity index (χ0) is 14.5. The van der Waals surface area contributed by atoms with E-state index in [1.807, 2.05) is 19.9 Å². The fraction of sp³-hybridized carbons (Fsp3) is 0.231. The summed E-state index contributed by atoms with van der Waals surface area (Å²) in [4.78, 5) is 24.5. The molecule has 0 radical (unpaired) electrons. The highest BCUT2D eigenvalue weighted by molar-refractivity contribution is 7.99. The summed E-state index contributed by atoms with van der Waals surface area (Å²) >= 11 is 7.43. The molecule has 2 heterocycles. The standard InChI is InChI=1S/C13H13ClN4OS/c1-3-20-13-16-7-9(14)10(17-13)12(19)18-11-8(2)5-4-6-15-11/h4-7H,3H2,1-2H3,(H,15,18,19). The zero-order valence-electron chi connectivity index (χ0n) is 11.1. The number of nitrogens with zero attached hydrogens (tertiary/aromatic N) is 3. The Labute approximate surface area is 126 Å². The molecule has 0 aliphatic heterocycles. The largest absolute Gasteiger partial charge is 0.305 e. The predicted molar refractivity (Wildman–Crippen MR) is 80.4 cm³/mol. The molecule has 0 unspecified atom stereocenters. The number of carbonyl (C=O) groups excluding carboxylic acids is 1. The van der Waals surface area contributed by atoms with E-state index in [2.05, 4.69) is 20.3 Å². The third kappa shape index (κ3) is 3.46. The van der Waals surface area contributed by atoms with Gasteiger partial charge in [0.15, 0.2) is 10.9 Å². The average Bonchev–Trinajstić information content (AvgIpc) is 2.43. The quantitative estimate of drug-likeness (QED) is 0.694. The number of anilines is 1. The van der Waals surface area contributed by atoms with E-state index < -0.39 is 5.91 Å². The molecule has 20 heavy (non-hydrogen) atoms. The second-order valence-electron chi connectivity index (χ2n) is 3.91. The van der Waals surface area contributed by atoms with Gasteiger partial charge in [0.2, 0.25) is 0 Å². The summed E-state index contributed by atoms with van der Waals surface area (Å²) < 4.78 is 0. The lowest BCUT2D eigenvalue weighted by atomic mass is 10.3. The van der Waals surface area contributed by atoms with Gasteiger partial charge < -0.3 is 5.32 Å². The highest BCUT2D eigenvalue weighted by Crippen LogP contribution is 2.19. The molecule has 0 saturated heterocycles. The van der Waals surface area contributed by atoms with Gasteiger partial charge in [0, 0.05) is 6.20 Å². The van der Waals surface area contributed by atoms with E-state index in [0.29, 0.717) is 11.0 Å². The summed E-state index contributed by atoms with van der Waals surface area (Å²) in [6, 6.07) is 3.67. The van der Waals surface area contributed by atoms with E-state index in [1.165, 1.54) is 18.0 Å². The Kier molecular flexibility index (Phi) is 4.92. The first-order valence-electron chi connectivity index (χ1n) is 6.00. The number of halogens is 1. The van der Waals surface area contributed by atoms with Crippen molar-refractivity contribution in [2.24, 2.45) is 0 Å². The first kappa shape index (κ1) is 14.7. The van der Waals surface area contributed by atoms with E-state index >= 15 is 0 Å². The number of aromatic nitrogens is 3. The van der Waals surface area contributed by atoms with E-state index in [9.17, 15) is 4.79 Å². The van der Waals surface area contributed by atoms with Gasteiger partial charge in [0.1, 0.15) is 5.82 Å². The number of thioether (sulfide) groups is 1. The Morgan fingerprint density at radius 1 is 1.45 bits per heavy atom. The smallest absolute Gasteiger partial charge is 0.277 e. The van der Waals surface area contributed by atoms with E-state index in [0.717, 1.165) is 11.3 Å². The van der Waals surface area contributed by atoms with Gasteiger partial charge in [-0.25, -0.2) is 15.0 Å². The Balaban J connectivity index is 2.25.